The molecule has 3 heteroatoms. The van der Waals surface area contributed by atoms with Crippen LogP contribution >= 0.6 is 0 Å². The van der Waals surface area contributed by atoms with E-state index in [4.69, 9.17) is 10.5 Å². The number of carbonyl (C=O) groups excluding carboxylic acids is 1. The lowest BCUT2D eigenvalue weighted by atomic mass is 9.85. The van der Waals surface area contributed by atoms with E-state index in [1.807, 2.05) is 25.1 Å². The molecule has 2 N–H and O–H groups in total. The second-order valence-electron chi connectivity index (χ2n) is 5.02. The quantitative estimate of drug-likeness (QED) is 0.869. The van der Waals surface area contributed by atoms with E-state index in [9.17, 15) is 4.79 Å². The Balaban J connectivity index is 2.05. The number of ketones is 1. The molecule has 0 spiro atoms. The van der Waals surface area contributed by atoms with Crippen molar-refractivity contribution in [3.05, 3.63) is 29.8 Å². The highest BCUT2D eigenvalue weighted by Gasteiger charge is 2.25. The number of hydrogen-bond donors (Lipinski definition) is 1. The van der Waals surface area contributed by atoms with E-state index < -0.39 is 0 Å². The Bertz CT molecular complexity index is 417. The summed E-state index contributed by atoms with van der Waals surface area (Å²) in [5.74, 6) is 1.64. The summed E-state index contributed by atoms with van der Waals surface area (Å²) in [5, 5.41) is 0. The van der Waals surface area contributed by atoms with E-state index in [0.717, 1.165) is 18.6 Å². The van der Waals surface area contributed by atoms with Crippen molar-refractivity contribution in [3.63, 3.8) is 0 Å². The van der Waals surface area contributed by atoms with Crippen molar-refractivity contribution in [3.8, 4) is 5.75 Å². The molecule has 1 aliphatic rings. The summed E-state index contributed by atoms with van der Waals surface area (Å²) in [7, 11) is 0. The molecule has 0 fully saturated rings. The molecule has 0 saturated heterocycles. The SMILES string of the molecule is CC(CCN)C(=O)CC1CCOc2ccccc21. The van der Waals surface area contributed by atoms with Crippen LogP contribution in [-0.2, 0) is 4.79 Å². The Morgan fingerprint density at radius 1 is 1.50 bits per heavy atom. The third kappa shape index (κ3) is 2.91. The third-order valence-corrected chi connectivity index (χ3v) is 3.68. The molecule has 0 amide bonds. The molecule has 3 nitrogen and oxygen atoms in total. The van der Waals surface area contributed by atoms with E-state index in [0.29, 0.717) is 31.3 Å². The average molecular weight is 247 g/mol. The molecule has 0 aliphatic carbocycles. The number of rotatable bonds is 5. The predicted molar refractivity (Wildman–Crippen MR) is 71.8 cm³/mol. The summed E-state index contributed by atoms with van der Waals surface area (Å²) in [5.41, 5.74) is 6.68. The van der Waals surface area contributed by atoms with Crippen molar-refractivity contribution in [2.75, 3.05) is 13.2 Å². The minimum absolute atomic E-state index is 0.0741. The zero-order valence-corrected chi connectivity index (χ0v) is 10.9. The number of nitrogens with two attached hydrogens (primary N) is 1. The molecule has 1 aliphatic heterocycles. The fourth-order valence-electron chi connectivity index (χ4n) is 2.48. The molecule has 18 heavy (non-hydrogen) atoms. The van der Waals surface area contributed by atoms with E-state index in [1.54, 1.807) is 0 Å². The fourth-order valence-corrected chi connectivity index (χ4v) is 2.48. The monoisotopic (exact) mass is 247 g/mol. The third-order valence-electron chi connectivity index (χ3n) is 3.68. The van der Waals surface area contributed by atoms with Crippen LogP contribution in [-0.4, -0.2) is 18.9 Å². The summed E-state index contributed by atoms with van der Waals surface area (Å²) in [6.07, 6.45) is 2.32. The van der Waals surface area contributed by atoms with Crippen LogP contribution in [0.3, 0.4) is 0 Å². The molecule has 0 bridgehead atoms. The van der Waals surface area contributed by atoms with Gasteiger partial charge in [-0.3, -0.25) is 4.79 Å². The summed E-state index contributed by atoms with van der Waals surface area (Å²) >= 11 is 0. The molecule has 0 saturated carbocycles. The normalized spacial score (nSPS) is 19.8. The van der Waals surface area contributed by atoms with Gasteiger partial charge >= 0.3 is 0 Å². The molecule has 2 unspecified atom stereocenters. The van der Waals surface area contributed by atoms with Crippen LogP contribution in [0.1, 0.15) is 37.7 Å². The molecule has 1 heterocycles. The predicted octanol–water partition coefficient (Wildman–Crippen LogP) is 2.50. The lowest BCUT2D eigenvalue weighted by Gasteiger charge is -2.26. The highest BCUT2D eigenvalue weighted by molar-refractivity contribution is 5.81. The minimum Gasteiger partial charge on any atom is -0.493 e. The van der Waals surface area contributed by atoms with Crippen molar-refractivity contribution < 1.29 is 9.53 Å². The summed E-state index contributed by atoms with van der Waals surface area (Å²) in [6.45, 7) is 3.26. The van der Waals surface area contributed by atoms with Crippen LogP contribution in [0, 0.1) is 5.92 Å². The van der Waals surface area contributed by atoms with E-state index in [2.05, 4.69) is 6.07 Å². The first-order chi connectivity index (χ1) is 8.72. The molecular weight excluding hydrogens is 226 g/mol. The van der Waals surface area contributed by atoms with Gasteiger partial charge in [-0.25, -0.2) is 0 Å². The molecule has 2 rings (SSSR count). The maximum atomic E-state index is 12.1. The molecule has 0 radical (unpaired) electrons. The maximum Gasteiger partial charge on any atom is 0.136 e. The molecule has 98 valence electrons. The number of carbonyl (C=O) groups is 1. The second-order valence-corrected chi connectivity index (χ2v) is 5.02. The van der Waals surface area contributed by atoms with E-state index in [-0.39, 0.29) is 5.92 Å². The molecule has 1 aromatic carbocycles. The lowest BCUT2D eigenvalue weighted by Crippen LogP contribution is -2.21. The van der Waals surface area contributed by atoms with Crippen LogP contribution in [0.5, 0.6) is 5.75 Å². The standard InChI is InChI=1S/C15H21NO2/c1-11(6-8-16)14(17)10-12-7-9-18-15-5-3-2-4-13(12)15/h2-5,11-12H,6-10,16H2,1H3. The van der Waals surface area contributed by atoms with Crippen LogP contribution < -0.4 is 10.5 Å². The maximum absolute atomic E-state index is 12.1. The van der Waals surface area contributed by atoms with Gasteiger partial charge in [0.2, 0.25) is 0 Å². The summed E-state index contributed by atoms with van der Waals surface area (Å²) < 4.78 is 5.61. The minimum atomic E-state index is 0.0741. The second kappa shape index (κ2) is 6.01. The summed E-state index contributed by atoms with van der Waals surface area (Å²) in [6, 6.07) is 8.03. The highest BCUT2D eigenvalue weighted by Crippen LogP contribution is 2.36. The van der Waals surface area contributed by atoms with Crippen molar-refractivity contribution >= 4 is 5.78 Å². The van der Waals surface area contributed by atoms with Crippen molar-refractivity contribution in [2.45, 2.75) is 32.1 Å². The van der Waals surface area contributed by atoms with Gasteiger partial charge in [-0.2, -0.15) is 0 Å². The lowest BCUT2D eigenvalue weighted by molar-refractivity contribution is -0.123. The van der Waals surface area contributed by atoms with Gasteiger partial charge in [0.05, 0.1) is 6.61 Å². The summed E-state index contributed by atoms with van der Waals surface area (Å²) in [4.78, 5) is 12.1. The first-order valence-corrected chi connectivity index (χ1v) is 6.67. The number of benzene rings is 1. The molecular formula is C15H21NO2. The van der Waals surface area contributed by atoms with Gasteiger partial charge in [-0.15, -0.1) is 0 Å². The average Bonchev–Trinajstić information content (AvgIpc) is 2.39. The Morgan fingerprint density at radius 3 is 3.06 bits per heavy atom. The zero-order valence-electron chi connectivity index (χ0n) is 10.9. The molecule has 1 aromatic rings. The highest BCUT2D eigenvalue weighted by atomic mass is 16.5. The largest absolute Gasteiger partial charge is 0.493 e. The first-order valence-electron chi connectivity index (χ1n) is 6.67. The van der Waals surface area contributed by atoms with Gasteiger partial charge in [-0.1, -0.05) is 25.1 Å². The number of Topliss-reactive ketones (excluding diaryl/α,β-unsaturated/α-hetero) is 1. The van der Waals surface area contributed by atoms with Crippen LogP contribution in [0.4, 0.5) is 0 Å². The Morgan fingerprint density at radius 2 is 2.28 bits per heavy atom. The number of fused-ring (bicyclic) bond motifs is 1. The van der Waals surface area contributed by atoms with E-state index >= 15 is 0 Å². The van der Waals surface area contributed by atoms with E-state index in [1.165, 1.54) is 5.56 Å². The fraction of sp³-hybridized carbons (Fsp3) is 0.533. The van der Waals surface area contributed by atoms with Gasteiger partial charge < -0.3 is 10.5 Å². The van der Waals surface area contributed by atoms with Crippen LogP contribution in [0.2, 0.25) is 0 Å². The molecule has 2 atom stereocenters. The van der Waals surface area contributed by atoms with Gasteiger partial charge in [-0.05, 0) is 36.9 Å². The first kappa shape index (κ1) is 13.1. The molecule has 0 aromatic heterocycles. The Kier molecular flexibility index (Phi) is 4.37. The number of ether oxygens (including phenoxy) is 1. The zero-order chi connectivity index (χ0) is 13.0. The van der Waals surface area contributed by atoms with Crippen molar-refractivity contribution in [1.82, 2.24) is 0 Å². The van der Waals surface area contributed by atoms with Crippen molar-refractivity contribution in [2.24, 2.45) is 11.7 Å². The van der Waals surface area contributed by atoms with Crippen LogP contribution in [0.15, 0.2) is 24.3 Å². The Hall–Kier alpha value is -1.35. The van der Waals surface area contributed by atoms with Crippen molar-refractivity contribution in [1.29, 1.82) is 0 Å². The van der Waals surface area contributed by atoms with Gasteiger partial charge in [0.25, 0.3) is 0 Å². The number of hydrogen-bond acceptors (Lipinski definition) is 3. The topological polar surface area (TPSA) is 52.3 Å². The Labute approximate surface area is 108 Å². The van der Waals surface area contributed by atoms with Gasteiger partial charge in [0.15, 0.2) is 0 Å². The van der Waals surface area contributed by atoms with Crippen LogP contribution in [0.25, 0.3) is 0 Å². The smallest absolute Gasteiger partial charge is 0.136 e. The van der Waals surface area contributed by atoms with Gasteiger partial charge in [0.1, 0.15) is 11.5 Å². The number of para-hydroxylation sites is 1. The van der Waals surface area contributed by atoms with Gasteiger partial charge in [0, 0.05) is 12.3 Å².